The van der Waals surface area contributed by atoms with Crippen molar-refractivity contribution in [3.8, 4) is 0 Å². The zero-order valence-corrected chi connectivity index (χ0v) is 11.8. The summed E-state index contributed by atoms with van der Waals surface area (Å²) in [6.07, 6.45) is -4.52. The second-order valence-corrected chi connectivity index (χ2v) is 6.93. The van der Waals surface area contributed by atoms with E-state index in [0.717, 1.165) is 6.07 Å². The minimum atomic E-state index is -4.61. The maximum absolute atomic E-state index is 12.5. The fraction of sp³-hybridized carbons (Fsp3) is 0.417. The predicted octanol–water partition coefficient (Wildman–Crippen LogP) is 1.29. The van der Waals surface area contributed by atoms with Crippen LogP contribution in [0.3, 0.4) is 0 Å². The normalized spacial score (nSPS) is 20.1. The van der Waals surface area contributed by atoms with E-state index in [1.807, 2.05) is 0 Å². The average Bonchev–Trinajstić information content (AvgIpc) is 2.69. The number of alkyl halides is 3. The van der Waals surface area contributed by atoms with Crippen LogP contribution in [0.4, 0.5) is 18.9 Å². The number of nitrogens with two attached hydrogens (primary N) is 1. The number of carbonyl (C=O) groups is 1. The molecule has 2 N–H and O–H groups in total. The number of anilines is 1. The van der Waals surface area contributed by atoms with Gasteiger partial charge in [-0.1, -0.05) is 0 Å². The molecule has 0 aliphatic carbocycles. The molecule has 1 aliphatic rings. The fourth-order valence-electron chi connectivity index (χ4n) is 2.22. The van der Waals surface area contributed by atoms with Gasteiger partial charge < -0.3 is 10.6 Å². The van der Waals surface area contributed by atoms with Crippen LogP contribution in [-0.4, -0.2) is 38.1 Å². The molecule has 0 spiro atoms. The van der Waals surface area contributed by atoms with E-state index in [9.17, 15) is 26.4 Å². The molecule has 5 nitrogen and oxygen atoms in total. The van der Waals surface area contributed by atoms with Crippen molar-refractivity contribution in [2.45, 2.75) is 22.7 Å². The summed E-state index contributed by atoms with van der Waals surface area (Å²) in [5.74, 6) is -0.575. The summed E-state index contributed by atoms with van der Waals surface area (Å²) in [6, 6.07) is 2.02. The van der Waals surface area contributed by atoms with Crippen molar-refractivity contribution in [2.75, 3.05) is 19.3 Å². The molecule has 1 fully saturated rings. The quantitative estimate of drug-likeness (QED) is 0.832. The molecule has 0 radical (unpaired) electrons. The lowest BCUT2D eigenvalue weighted by Gasteiger charge is -2.14. The number of sulfone groups is 1. The van der Waals surface area contributed by atoms with Gasteiger partial charge >= 0.3 is 6.18 Å². The van der Waals surface area contributed by atoms with Gasteiger partial charge in [-0.05, 0) is 24.6 Å². The van der Waals surface area contributed by atoms with Crippen LogP contribution in [0.15, 0.2) is 23.1 Å². The minimum Gasteiger partial charge on any atom is -0.398 e. The third-order valence-corrected chi connectivity index (χ3v) is 5.57. The molecule has 1 aromatic rings. The van der Waals surface area contributed by atoms with Crippen LogP contribution in [0, 0.1) is 0 Å². The van der Waals surface area contributed by atoms with E-state index in [4.69, 9.17) is 5.73 Å². The Kier molecular flexibility index (Phi) is 3.64. The molecule has 21 heavy (non-hydrogen) atoms. The predicted molar refractivity (Wildman–Crippen MR) is 69.1 cm³/mol. The molecule has 0 aromatic heterocycles. The maximum Gasteiger partial charge on any atom is 0.416 e. The van der Waals surface area contributed by atoms with Gasteiger partial charge in [0.05, 0.1) is 16.1 Å². The van der Waals surface area contributed by atoms with Crippen LogP contribution < -0.4 is 5.73 Å². The van der Waals surface area contributed by atoms with E-state index in [1.54, 1.807) is 0 Å². The molecule has 1 amide bonds. The number of benzene rings is 1. The summed E-state index contributed by atoms with van der Waals surface area (Å²) in [5.41, 5.74) is 3.91. The molecule has 1 aromatic carbocycles. The summed E-state index contributed by atoms with van der Waals surface area (Å²) >= 11 is 0. The van der Waals surface area contributed by atoms with Crippen molar-refractivity contribution >= 4 is 21.4 Å². The minimum absolute atomic E-state index is 0.0954. The van der Waals surface area contributed by atoms with Gasteiger partial charge in [0, 0.05) is 13.6 Å². The van der Waals surface area contributed by atoms with Crippen LogP contribution >= 0.6 is 0 Å². The molecule has 1 heterocycles. The summed E-state index contributed by atoms with van der Waals surface area (Å²) in [6.45, 7) is 0.281. The maximum atomic E-state index is 12.5. The first kappa shape index (κ1) is 15.6. The van der Waals surface area contributed by atoms with Crippen LogP contribution in [0.1, 0.15) is 12.0 Å². The lowest BCUT2D eigenvalue weighted by atomic mass is 10.2. The molecular formula is C12H13F3N2O3S. The Balaban J connectivity index is 2.45. The Morgan fingerprint density at radius 2 is 1.95 bits per heavy atom. The number of nitrogen functional groups attached to an aromatic ring is 1. The average molecular weight is 322 g/mol. The third kappa shape index (κ3) is 2.69. The van der Waals surface area contributed by atoms with Crippen LogP contribution in [0.5, 0.6) is 0 Å². The molecule has 1 aliphatic heterocycles. The van der Waals surface area contributed by atoms with Crippen LogP contribution in [-0.2, 0) is 20.8 Å². The number of hydrogen-bond donors (Lipinski definition) is 1. The van der Waals surface area contributed by atoms with Gasteiger partial charge in [-0.25, -0.2) is 8.42 Å². The Morgan fingerprint density at radius 1 is 1.33 bits per heavy atom. The van der Waals surface area contributed by atoms with Gasteiger partial charge in [0.15, 0.2) is 9.84 Å². The second kappa shape index (κ2) is 4.90. The van der Waals surface area contributed by atoms with E-state index in [1.165, 1.54) is 11.9 Å². The molecular weight excluding hydrogens is 309 g/mol. The summed E-state index contributed by atoms with van der Waals surface area (Å²) < 4.78 is 62.4. The highest BCUT2D eigenvalue weighted by Crippen LogP contribution is 2.34. The SMILES string of the molecule is CN1CCC(S(=O)(=O)c2ccc(C(F)(F)F)cc2N)C1=O. The summed E-state index contributed by atoms with van der Waals surface area (Å²) in [5, 5.41) is -1.29. The Hall–Kier alpha value is -1.77. The van der Waals surface area contributed by atoms with Crippen LogP contribution in [0.25, 0.3) is 0 Å². The molecule has 0 saturated carbocycles. The van der Waals surface area contributed by atoms with Gasteiger partial charge in [0.2, 0.25) is 5.91 Å². The van der Waals surface area contributed by atoms with Crippen molar-refractivity contribution in [3.05, 3.63) is 23.8 Å². The number of carbonyl (C=O) groups excluding carboxylic acids is 1. The summed E-state index contributed by atoms with van der Waals surface area (Å²) in [7, 11) is -2.63. The van der Waals surface area contributed by atoms with Gasteiger partial charge in [-0.3, -0.25) is 4.79 Å². The van der Waals surface area contributed by atoms with E-state index in [-0.39, 0.29) is 13.0 Å². The first-order valence-electron chi connectivity index (χ1n) is 6.00. The number of rotatable bonds is 2. The van der Waals surface area contributed by atoms with E-state index in [2.05, 4.69) is 0 Å². The zero-order valence-electron chi connectivity index (χ0n) is 11.0. The smallest absolute Gasteiger partial charge is 0.398 e. The van der Waals surface area contributed by atoms with Crippen molar-refractivity contribution in [1.29, 1.82) is 0 Å². The molecule has 2 rings (SSSR count). The Labute approximate surface area is 119 Å². The highest BCUT2D eigenvalue weighted by molar-refractivity contribution is 7.93. The number of likely N-dealkylation sites (tertiary alicyclic amines) is 1. The number of amides is 1. The summed E-state index contributed by atoms with van der Waals surface area (Å²) in [4.78, 5) is 12.6. The molecule has 1 atom stereocenters. The topological polar surface area (TPSA) is 80.5 Å². The molecule has 1 unspecified atom stereocenters. The van der Waals surface area contributed by atoms with Crippen LogP contribution in [0.2, 0.25) is 0 Å². The van der Waals surface area contributed by atoms with Gasteiger partial charge in [-0.2, -0.15) is 13.2 Å². The molecule has 1 saturated heterocycles. The van der Waals surface area contributed by atoms with Gasteiger partial charge in [-0.15, -0.1) is 0 Å². The third-order valence-electron chi connectivity index (χ3n) is 3.40. The number of nitrogens with zero attached hydrogens (tertiary/aromatic N) is 1. The molecule has 9 heteroatoms. The van der Waals surface area contributed by atoms with Crippen molar-refractivity contribution in [1.82, 2.24) is 4.90 Å². The number of halogens is 3. The van der Waals surface area contributed by atoms with Crippen molar-refractivity contribution in [3.63, 3.8) is 0 Å². The Bertz CT molecular complexity index is 685. The highest BCUT2D eigenvalue weighted by Gasteiger charge is 2.41. The second-order valence-electron chi connectivity index (χ2n) is 4.83. The first-order valence-corrected chi connectivity index (χ1v) is 7.55. The lowest BCUT2D eigenvalue weighted by Crippen LogP contribution is -2.32. The molecule has 0 bridgehead atoms. The molecule has 116 valence electrons. The highest BCUT2D eigenvalue weighted by atomic mass is 32.2. The first-order chi connectivity index (χ1) is 9.55. The van der Waals surface area contributed by atoms with E-state index < -0.39 is 43.3 Å². The van der Waals surface area contributed by atoms with E-state index in [0.29, 0.717) is 12.1 Å². The lowest BCUT2D eigenvalue weighted by molar-refractivity contribution is -0.137. The van der Waals surface area contributed by atoms with Crippen molar-refractivity contribution in [2.24, 2.45) is 0 Å². The number of hydrogen-bond acceptors (Lipinski definition) is 4. The van der Waals surface area contributed by atoms with Crippen molar-refractivity contribution < 1.29 is 26.4 Å². The Morgan fingerprint density at radius 3 is 2.38 bits per heavy atom. The largest absolute Gasteiger partial charge is 0.416 e. The zero-order chi connectivity index (χ0) is 16.0. The monoisotopic (exact) mass is 322 g/mol. The van der Waals surface area contributed by atoms with Gasteiger partial charge in [0.1, 0.15) is 5.25 Å². The standard InChI is InChI=1S/C12H13F3N2O3S/c1-17-5-4-10(11(17)18)21(19,20)9-3-2-7(6-8(9)16)12(13,14)15/h2-3,6,10H,4-5,16H2,1H3. The van der Waals surface area contributed by atoms with Gasteiger partial charge in [0.25, 0.3) is 0 Å². The fourth-order valence-corrected chi connectivity index (χ4v) is 4.03. The van der Waals surface area contributed by atoms with E-state index >= 15 is 0 Å².